The van der Waals surface area contributed by atoms with E-state index < -0.39 is 58.5 Å². The summed E-state index contributed by atoms with van der Waals surface area (Å²) in [6, 6.07) is 11.4. The molecule has 7 nitrogen and oxygen atoms in total. The molecule has 0 bridgehead atoms. The first kappa shape index (κ1) is 25.2. The molecule has 1 heterocycles. The maximum absolute atomic E-state index is 14.3. The van der Waals surface area contributed by atoms with Crippen molar-refractivity contribution in [2.45, 2.75) is 16.4 Å². The van der Waals surface area contributed by atoms with E-state index in [9.17, 15) is 43.2 Å². The van der Waals surface area contributed by atoms with Gasteiger partial charge in [-0.3, -0.25) is 0 Å². The van der Waals surface area contributed by atoms with Crippen LogP contribution in [0.4, 0.5) is 26.3 Å². The van der Waals surface area contributed by atoms with Gasteiger partial charge in [0.2, 0.25) is 0 Å². The molecule has 1 fully saturated rings. The summed E-state index contributed by atoms with van der Waals surface area (Å²) >= 11 is -4.67. The maximum atomic E-state index is 14.3. The van der Waals surface area contributed by atoms with Gasteiger partial charge in [0.1, 0.15) is 0 Å². The average Bonchev–Trinajstić information content (AvgIpc) is 2.76. The van der Waals surface area contributed by atoms with Crippen LogP contribution in [-0.4, -0.2) is 35.2 Å². The van der Waals surface area contributed by atoms with Crippen LogP contribution in [0.15, 0.2) is 48.5 Å². The number of rotatable bonds is 3. The van der Waals surface area contributed by atoms with Crippen LogP contribution in [0, 0.1) is 29.8 Å². The van der Waals surface area contributed by atoms with Crippen molar-refractivity contribution >= 4 is 40.1 Å². The second-order valence-electron chi connectivity index (χ2n) is 6.27. The van der Waals surface area contributed by atoms with Gasteiger partial charge < -0.3 is 0 Å². The minimum atomic E-state index is -6.89. The molecule has 176 valence electrons. The average molecular weight is 623 g/mol. The number of nitriles is 2. The van der Waals surface area contributed by atoms with Gasteiger partial charge in [-0.1, -0.05) is 0 Å². The summed E-state index contributed by atoms with van der Waals surface area (Å²) < 4.78 is 133. The Morgan fingerprint density at radius 3 is 1.24 bits per heavy atom. The Kier molecular flexibility index (Phi) is 5.98. The summed E-state index contributed by atoms with van der Waals surface area (Å²) in [5, 5.41) is 4.86. The Balaban J connectivity index is 2.41. The first-order chi connectivity index (χ1) is 15.1. The van der Waals surface area contributed by atoms with Gasteiger partial charge in [0.05, 0.1) is 0 Å². The molecular weight excluding hydrogens is 615 g/mol. The van der Waals surface area contributed by atoms with Crippen LogP contribution in [0.5, 0.6) is 0 Å². The fourth-order valence-corrected chi connectivity index (χ4v) is 16.3. The molecule has 1 aliphatic rings. The van der Waals surface area contributed by atoms with Crippen LogP contribution >= 0.6 is 20.1 Å². The van der Waals surface area contributed by atoms with Gasteiger partial charge in [0.25, 0.3) is 0 Å². The van der Waals surface area contributed by atoms with Crippen LogP contribution in [0.1, 0.15) is 11.1 Å². The molecule has 0 aromatic heterocycles. The van der Waals surface area contributed by atoms with Gasteiger partial charge in [-0.05, 0) is 0 Å². The Morgan fingerprint density at radius 1 is 0.667 bits per heavy atom. The van der Waals surface area contributed by atoms with Crippen LogP contribution < -0.4 is 0 Å². The van der Waals surface area contributed by atoms with Crippen molar-refractivity contribution in [3.05, 3.63) is 66.8 Å². The molecule has 0 spiro atoms. The number of alkyl halides is 6. The zero-order valence-corrected chi connectivity index (χ0v) is 19.3. The van der Waals surface area contributed by atoms with Crippen LogP contribution in [0.3, 0.4) is 0 Å². The zero-order valence-electron chi connectivity index (χ0n) is 15.6. The van der Waals surface area contributed by atoms with Gasteiger partial charge in [-0.25, -0.2) is 0 Å². The third-order valence-electron chi connectivity index (χ3n) is 4.26. The van der Waals surface area contributed by atoms with E-state index in [0.29, 0.717) is 0 Å². The van der Waals surface area contributed by atoms with Crippen molar-refractivity contribution in [3.8, 4) is 12.1 Å². The van der Waals surface area contributed by atoms with Crippen molar-refractivity contribution < 1.29 is 43.2 Å². The molecule has 0 amide bonds. The van der Waals surface area contributed by atoms with Crippen molar-refractivity contribution in [1.29, 1.82) is 10.5 Å². The summed E-state index contributed by atoms with van der Waals surface area (Å²) in [6.45, 7) is 0. The molecule has 33 heavy (non-hydrogen) atoms. The van der Waals surface area contributed by atoms with E-state index in [1.54, 1.807) is 12.1 Å². The van der Waals surface area contributed by atoms with E-state index in [2.05, 4.69) is 0 Å². The Labute approximate surface area is 190 Å². The molecule has 16 heteroatoms. The summed E-state index contributed by atoms with van der Waals surface area (Å²) in [6.07, 6.45) is 0. The SMILES string of the molecule is N#Cc1ccc(I(c2ccc(C#N)cc2)N2S(=O)(=O)C(F)(F)C(F)(F)C(F)(F)S2(=O)=O)cc1. The first-order valence-electron chi connectivity index (χ1n) is 8.21. The number of hydrogen-bond donors (Lipinski definition) is 0. The first-order valence-corrected chi connectivity index (χ1v) is 14.2. The molecule has 0 saturated carbocycles. The quantitative estimate of drug-likeness (QED) is 0.293. The second-order valence-corrected chi connectivity index (χ2v) is 16.4. The molecule has 0 unspecified atom stereocenters. The number of benzene rings is 2. The molecule has 3 rings (SSSR count). The van der Waals surface area contributed by atoms with E-state index in [0.717, 1.165) is 48.5 Å². The van der Waals surface area contributed by atoms with E-state index in [1.165, 1.54) is 0 Å². The zero-order chi connectivity index (χ0) is 25.0. The van der Waals surface area contributed by atoms with Gasteiger partial charge in [-0.2, -0.15) is 0 Å². The van der Waals surface area contributed by atoms with Crippen LogP contribution in [0.2, 0.25) is 0 Å². The number of halogens is 7. The van der Waals surface area contributed by atoms with E-state index in [-0.39, 0.29) is 18.3 Å². The molecular formula is C17H8F6IN3O4S2. The number of sulfonamides is 2. The summed E-state index contributed by atoms with van der Waals surface area (Å²) in [5.74, 6) is -6.76. The minimum absolute atomic E-state index is 0.0269. The molecule has 0 radical (unpaired) electrons. The summed E-state index contributed by atoms with van der Waals surface area (Å²) in [5.41, 5.74) is -0.0538. The Bertz CT molecular complexity index is 1300. The summed E-state index contributed by atoms with van der Waals surface area (Å²) in [7, 11) is -13.8. The predicted molar refractivity (Wildman–Crippen MR) is 108 cm³/mol. The Morgan fingerprint density at radius 2 is 0.970 bits per heavy atom. The van der Waals surface area contributed by atoms with E-state index in [1.807, 2.05) is 0 Å². The van der Waals surface area contributed by atoms with Crippen molar-refractivity contribution in [1.82, 2.24) is 1.92 Å². The monoisotopic (exact) mass is 623 g/mol. The van der Waals surface area contributed by atoms with Crippen LogP contribution in [0.25, 0.3) is 0 Å². The molecule has 0 N–H and O–H groups in total. The standard InChI is InChI=1S/C17H8F6IN3O4S2/c18-15(19)16(20,21)32(28,29)27(33(30,31)17(15,22)23)24(13-5-1-11(9-25)2-6-13)14-7-3-12(10-26)4-8-14/h1-8H. The van der Waals surface area contributed by atoms with Gasteiger partial charge in [0, 0.05) is 0 Å². The van der Waals surface area contributed by atoms with Crippen molar-refractivity contribution in [3.63, 3.8) is 0 Å². The van der Waals surface area contributed by atoms with Crippen molar-refractivity contribution in [2.75, 3.05) is 0 Å². The van der Waals surface area contributed by atoms with E-state index >= 15 is 0 Å². The van der Waals surface area contributed by atoms with Crippen LogP contribution in [-0.2, 0) is 20.0 Å². The Hall–Kier alpha value is -2.41. The molecule has 2 aromatic rings. The van der Waals surface area contributed by atoms with Gasteiger partial charge in [-0.15, -0.1) is 0 Å². The summed E-state index contributed by atoms with van der Waals surface area (Å²) in [4.78, 5) is 0. The third-order valence-corrected chi connectivity index (χ3v) is 17.5. The fourth-order valence-electron chi connectivity index (χ4n) is 2.56. The fraction of sp³-hybridized carbons (Fsp3) is 0.176. The third kappa shape index (κ3) is 3.38. The van der Waals surface area contributed by atoms with Gasteiger partial charge in [0.15, 0.2) is 0 Å². The number of hydrogen-bond acceptors (Lipinski definition) is 6. The molecule has 0 atom stereocenters. The second kappa shape index (κ2) is 7.83. The van der Waals surface area contributed by atoms with E-state index in [4.69, 9.17) is 10.5 Å². The molecule has 2 aromatic carbocycles. The number of nitrogens with zero attached hydrogens (tertiary/aromatic N) is 3. The molecule has 1 aliphatic heterocycles. The molecule has 0 aliphatic carbocycles. The normalized spacial score (nSPS) is 22.5. The predicted octanol–water partition coefficient (Wildman–Crippen LogP) is 3.69. The topological polar surface area (TPSA) is 119 Å². The van der Waals surface area contributed by atoms with Gasteiger partial charge >= 0.3 is 191 Å². The van der Waals surface area contributed by atoms with Crippen molar-refractivity contribution in [2.24, 2.45) is 0 Å². The molecule has 1 saturated heterocycles.